The van der Waals surface area contributed by atoms with Crippen LogP contribution in [0.3, 0.4) is 0 Å². The van der Waals surface area contributed by atoms with E-state index in [-0.39, 0.29) is 23.9 Å². The number of rotatable bonds is 3. The molecule has 3 aromatic carbocycles. The van der Waals surface area contributed by atoms with Gasteiger partial charge in [0.25, 0.3) is 0 Å². The Balaban J connectivity index is 0.000000337. The molecule has 0 saturated heterocycles. The Hall–Kier alpha value is -3.84. The van der Waals surface area contributed by atoms with E-state index in [1.54, 1.807) is 30.3 Å². The number of carbonyl (C=O) groups excluding carboxylic acids is 1. The summed E-state index contributed by atoms with van der Waals surface area (Å²) in [5, 5.41) is 25.2. The van der Waals surface area contributed by atoms with Crippen LogP contribution in [0.1, 0.15) is 27.0 Å². The lowest BCUT2D eigenvalue weighted by molar-refractivity contribution is 0.0224. The zero-order valence-electron chi connectivity index (χ0n) is 17.1. The van der Waals surface area contributed by atoms with Gasteiger partial charge < -0.3 is 19.7 Å². The predicted molar refractivity (Wildman–Crippen MR) is 129 cm³/mol. The summed E-state index contributed by atoms with van der Waals surface area (Å²) in [5.41, 5.74) is 3.86. The fourth-order valence-corrected chi connectivity index (χ4v) is 3.86. The summed E-state index contributed by atoms with van der Waals surface area (Å²) >= 11 is 4.25. The number of fused-ring (bicyclic) bond motifs is 6. The molecule has 0 saturated carbocycles. The van der Waals surface area contributed by atoms with Crippen LogP contribution in [0.15, 0.2) is 78.4 Å². The minimum absolute atomic E-state index is 0. The number of isothiocyanates is 1. The monoisotopic (exact) mass is 482 g/mol. The van der Waals surface area contributed by atoms with Crippen molar-refractivity contribution in [2.45, 2.75) is 5.60 Å². The molecule has 2 heterocycles. The molecule has 0 fully saturated rings. The van der Waals surface area contributed by atoms with Crippen molar-refractivity contribution in [1.29, 1.82) is 0 Å². The Kier molecular flexibility index (Phi) is 7.04. The first kappa shape index (κ1) is 23.8. The minimum Gasteiger partial charge on any atom is -0.508 e. The first-order valence-corrected chi connectivity index (χ1v) is 10.0. The van der Waals surface area contributed by atoms with Crippen LogP contribution in [0.5, 0.6) is 23.0 Å². The van der Waals surface area contributed by atoms with Gasteiger partial charge in [0.1, 0.15) is 23.0 Å². The maximum atomic E-state index is 12.5. The summed E-state index contributed by atoms with van der Waals surface area (Å²) in [6, 6.07) is 16.6. The maximum Gasteiger partial charge on any atom is 0.340 e. The molecular weight excluding hydrogens is 464 g/mol. The molecule has 3 aromatic rings. The molecule has 2 aliphatic heterocycles. The third-order valence-electron chi connectivity index (χ3n) is 5.04. The molecule has 2 aliphatic rings. The Labute approximate surface area is 201 Å². The van der Waals surface area contributed by atoms with E-state index in [1.165, 1.54) is 24.3 Å². The normalized spacial score (nSPS) is 13.3. The Morgan fingerprint density at radius 3 is 2.21 bits per heavy atom. The van der Waals surface area contributed by atoms with Crippen LogP contribution in [0.25, 0.3) is 0 Å². The zero-order valence-corrected chi connectivity index (χ0v) is 18.8. The lowest BCUT2D eigenvalue weighted by Crippen LogP contribution is -2.32. The van der Waals surface area contributed by atoms with Crippen molar-refractivity contribution in [3.05, 3.63) is 95.6 Å². The number of nitrogens with one attached hydrogen (secondary N) is 1. The van der Waals surface area contributed by atoms with Gasteiger partial charge in [-0.25, -0.2) is 4.79 Å². The molecule has 0 radical (unpaired) electrons. The second-order valence-electron chi connectivity index (χ2n) is 6.93. The molecule has 168 valence electrons. The van der Waals surface area contributed by atoms with E-state index < -0.39 is 11.6 Å². The molecule has 0 unspecified atom stereocenters. The van der Waals surface area contributed by atoms with Gasteiger partial charge in [-0.05, 0) is 42.5 Å². The minimum atomic E-state index is -1.17. The molecule has 9 heteroatoms. The SMILES string of the molecule is C=CCNN=C=S.Cl.O=C1OC2(c3ccc(O)cc3Oc3cc(O)ccc32)c2ccccc21. The molecule has 0 bridgehead atoms. The van der Waals surface area contributed by atoms with E-state index in [0.717, 1.165) is 0 Å². The van der Waals surface area contributed by atoms with Crippen LogP contribution >= 0.6 is 24.6 Å². The van der Waals surface area contributed by atoms with Crippen molar-refractivity contribution >= 4 is 35.8 Å². The number of hydrazone groups is 1. The first-order chi connectivity index (χ1) is 15.5. The summed E-state index contributed by atoms with van der Waals surface area (Å²) in [5.74, 6) is 0.408. The molecule has 1 spiro atoms. The van der Waals surface area contributed by atoms with E-state index in [1.807, 2.05) is 12.1 Å². The number of phenolic OH excluding ortho intramolecular Hbond substituents is 2. The third-order valence-corrected chi connectivity index (χ3v) is 5.13. The van der Waals surface area contributed by atoms with Gasteiger partial charge in [0.15, 0.2) is 5.60 Å². The van der Waals surface area contributed by atoms with E-state index in [2.05, 4.69) is 34.5 Å². The van der Waals surface area contributed by atoms with Crippen LogP contribution in [0.4, 0.5) is 0 Å². The second kappa shape index (κ2) is 9.75. The molecule has 33 heavy (non-hydrogen) atoms. The molecule has 3 N–H and O–H groups in total. The van der Waals surface area contributed by atoms with Gasteiger partial charge in [-0.1, -0.05) is 24.3 Å². The van der Waals surface area contributed by atoms with Gasteiger partial charge >= 0.3 is 5.97 Å². The standard InChI is InChI=1S/C20H12O5.C4H6N2S.ClH/c21-11-5-7-15-17(9-11)24-18-10-12(22)6-8-16(18)20(15)14-4-2-1-3-13(14)19(23)25-20;1-2-3-5-6-4-7;/h1-10,21-22H;2,5H,1,3H2;1H. The van der Waals surface area contributed by atoms with Gasteiger partial charge in [0, 0.05) is 28.8 Å². The summed E-state index contributed by atoms with van der Waals surface area (Å²) in [6.07, 6.45) is 1.69. The van der Waals surface area contributed by atoms with Gasteiger partial charge in [-0.2, -0.15) is 0 Å². The average Bonchev–Trinajstić information content (AvgIpc) is 3.07. The zero-order chi connectivity index (χ0) is 22.7. The number of phenols is 2. The summed E-state index contributed by atoms with van der Waals surface area (Å²) < 4.78 is 11.8. The number of carbonyl (C=O) groups is 1. The number of aromatic hydroxyl groups is 2. The molecule has 0 aliphatic carbocycles. The number of halogens is 1. The maximum absolute atomic E-state index is 12.5. The van der Waals surface area contributed by atoms with Crippen LogP contribution < -0.4 is 10.2 Å². The van der Waals surface area contributed by atoms with Gasteiger partial charge in [0.2, 0.25) is 0 Å². The molecule has 7 nitrogen and oxygen atoms in total. The highest BCUT2D eigenvalue weighted by molar-refractivity contribution is 7.78. The average molecular weight is 483 g/mol. The summed E-state index contributed by atoms with van der Waals surface area (Å²) in [4.78, 5) is 12.5. The lowest BCUT2D eigenvalue weighted by Gasteiger charge is -2.36. The highest BCUT2D eigenvalue weighted by Crippen LogP contribution is 2.56. The van der Waals surface area contributed by atoms with Crippen LogP contribution in [0, 0.1) is 0 Å². The fraction of sp³-hybridized carbons (Fsp3) is 0.0833. The van der Waals surface area contributed by atoms with Crippen molar-refractivity contribution in [2.75, 3.05) is 6.54 Å². The summed E-state index contributed by atoms with van der Waals surface area (Å²) in [7, 11) is 0. The highest BCUT2D eigenvalue weighted by Gasteiger charge is 2.53. The fourth-order valence-electron chi connectivity index (χ4n) is 3.80. The molecule has 0 aromatic heterocycles. The van der Waals surface area contributed by atoms with Crippen molar-refractivity contribution in [2.24, 2.45) is 5.10 Å². The number of esters is 1. The lowest BCUT2D eigenvalue weighted by atomic mass is 9.77. The van der Waals surface area contributed by atoms with Crippen molar-refractivity contribution < 1.29 is 24.5 Å². The van der Waals surface area contributed by atoms with Crippen LogP contribution in [-0.4, -0.2) is 27.9 Å². The van der Waals surface area contributed by atoms with Gasteiger partial charge in [0.05, 0.1) is 17.3 Å². The quantitative estimate of drug-likeness (QED) is 0.122. The van der Waals surface area contributed by atoms with E-state index >= 15 is 0 Å². The summed E-state index contributed by atoms with van der Waals surface area (Å²) in [6.45, 7) is 4.09. The van der Waals surface area contributed by atoms with Crippen LogP contribution in [0.2, 0.25) is 0 Å². The van der Waals surface area contributed by atoms with Gasteiger partial charge in [-0.3, -0.25) is 5.43 Å². The number of benzene rings is 3. The molecule has 0 atom stereocenters. The number of hydrogen-bond donors (Lipinski definition) is 3. The van der Waals surface area contributed by atoms with Crippen LogP contribution in [-0.2, 0) is 10.3 Å². The van der Waals surface area contributed by atoms with Crippen molar-refractivity contribution in [3.8, 4) is 23.0 Å². The smallest absolute Gasteiger partial charge is 0.340 e. The number of ether oxygens (including phenoxy) is 2. The topological polar surface area (TPSA) is 100 Å². The Morgan fingerprint density at radius 2 is 1.64 bits per heavy atom. The largest absolute Gasteiger partial charge is 0.508 e. The third kappa shape index (κ3) is 4.15. The second-order valence-corrected chi connectivity index (χ2v) is 7.12. The predicted octanol–water partition coefficient (Wildman–Crippen LogP) is 4.87. The number of hydrogen-bond acceptors (Lipinski definition) is 8. The molecular formula is C24H19ClN2O5S. The van der Waals surface area contributed by atoms with Gasteiger partial charge in [-0.15, -0.1) is 24.1 Å². The molecule has 5 rings (SSSR count). The number of nitrogens with zero attached hydrogens (tertiary/aromatic N) is 1. The number of thiocarbonyl (C=S) groups is 1. The molecule has 0 amide bonds. The Bertz CT molecular complexity index is 1220. The van der Waals surface area contributed by atoms with E-state index in [9.17, 15) is 15.0 Å². The Morgan fingerprint density at radius 1 is 1.03 bits per heavy atom. The van der Waals surface area contributed by atoms with Crippen molar-refractivity contribution in [3.63, 3.8) is 0 Å². The van der Waals surface area contributed by atoms with E-state index in [4.69, 9.17) is 9.47 Å². The van der Waals surface area contributed by atoms with E-state index in [0.29, 0.717) is 40.3 Å². The van der Waals surface area contributed by atoms with Crippen molar-refractivity contribution in [1.82, 2.24) is 5.43 Å². The first-order valence-electron chi connectivity index (χ1n) is 9.59. The highest BCUT2D eigenvalue weighted by atomic mass is 35.5.